The number of nitrogens with one attached hydrogen (secondary N) is 2. The molecule has 2 rings (SSSR count). The number of halogens is 1. The molecule has 2 fully saturated rings. The smallest absolute Gasteiger partial charge is 0.316 e. The third kappa shape index (κ3) is 1.62. The first kappa shape index (κ1) is 9.13. The Kier molecular flexibility index (Phi) is 2.37. The molecule has 1 heterocycles. The van der Waals surface area contributed by atoms with E-state index >= 15 is 0 Å². The van der Waals surface area contributed by atoms with Gasteiger partial charge in [-0.1, -0.05) is 31.4 Å². The highest BCUT2D eigenvalue weighted by Crippen LogP contribution is 2.35. The Balaban J connectivity index is 2.12. The first-order chi connectivity index (χ1) is 6.18. The zero-order chi connectivity index (χ0) is 9.42. The molecule has 4 atom stereocenters. The first-order valence-electron chi connectivity index (χ1n) is 4.89. The fraction of sp³-hybridized carbons (Fsp3) is 0.889. The molecule has 1 saturated carbocycles. The number of urea groups is 1. The third-order valence-corrected chi connectivity index (χ3v) is 3.62. The van der Waals surface area contributed by atoms with Crippen molar-refractivity contribution < 1.29 is 4.79 Å². The van der Waals surface area contributed by atoms with Crippen LogP contribution in [0.3, 0.4) is 0 Å². The molecular formula is C9H15ClN2O. The SMILES string of the molecule is CC1CCCC2NC(=O)NC(Cl)C12. The van der Waals surface area contributed by atoms with Gasteiger partial charge in [0.2, 0.25) is 0 Å². The minimum atomic E-state index is -0.186. The highest BCUT2D eigenvalue weighted by molar-refractivity contribution is 6.21. The average Bonchev–Trinajstić information content (AvgIpc) is 2.02. The van der Waals surface area contributed by atoms with Crippen molar-refractivity contribution in [3.8, 4) is 0 Å². The number of fused-ring (bicyclic) bond motifs is 1. The van der Waals surface area contributed by atoms with E-state index in [1.807, 2.05) is 0 Å². The quantitative estimate of drug-likeness (QED) is 0.456. The standard InChI is InChI=1S/C9H15ClN2O/c1-5-3-2-4-6-7(5)8(10)12-9(13)11-6/h5-8H,2-4H2,1H3,(H2,11,12,13). The van der Waals surface area contributed by atoms with Crippen LogP contribution in [0, 0.1) is 11.8 Å². The molecule has 0 spiro atoms. The number of hydrogen-bond donors (Lipinski definition) is 2. The molecule has 2 N–H and O–H groups in total. The van der Waals surface area contributed by atoms with Crippen molar-refractivity contribution >= 4 is 17.6 Å². The molecule has 13 heavy (non-hydrogen) atoms. The van der Waals surface area contributed by atoms with Crippen LogP contribution in [0.25, 0.3) is 0 Å². The molecular weight excluding hydrogens is 188 g/mol. The number of alkyl halides is 1. The highest BCUT2D eigenvalue weighted by atomic mass is 35.5. The van der Waals surface area contributed by atoms with Gasteiger partial charge < -0.3 is 10.6 Å². The maximum atomic E-state index is 11.1. The van der Waals surface area contributed by atoms with Crippen LogP contribution >= 0.6 is 11.6 Å². The molecule has 4 heteroatoms. The van der Waals surface area contributed by atoms with Gasteiger partial charge in [-0.25, -0.2) is 4.79 Å². The topological polar surface area (TPSA) is 41.1 Å². The van der Waals surface area contributed by atoms with Gasteiger partial charge in [0, 0.05) is 12.0 Å². The Morgan fingerprint density at radius 1 is 1.38 bits per heavy atom. The lowest BCUT2D eigenvalue weighted by Crippen LogP contribution is -2.61. The monoisotopic (exact) mass is 202 g/mol. The van der Waals surface area contributed by atoms with Gasteiger partial charge in [0.15, 0.2) is 0 Å². The second kappa shape index (κ2) is 3.37. The Labute approximate surface area is 83.2 Å². The molecule has 0 aromatic rings. The normalized spacial score (nSPS) is 44.6. The van der Waals surface area contributed by atoms with Crippen LogP contribution in [0.4, 0.5) is 4.79 Å². The molecule has 0 radical (unpaired) electrons. The fourth-order valence-electron chi connectivity index (χ4n) is 2.53. The van der Waals surface area contributed by atoms with Crippen molar-refractivity contribution in [2.45, 2.75) is 37.7 Å². The summed E-state index contributed by atoms with van der Waals surface area (Å²) in [7, 11) is 0. The average molecular weight is 203 g/mol. The van der Waals surface area contributed by atoms with E-state index in [-0.39, 0.29) is 11.5 Å². The predicted molar refractivity (Wildman–Crippen MR) is 51.6 cm³/mol. The summed E-state index contributed by atoms with van der Waals surface area (Å²) in [5, 5.41) is 5.67. The molecule has 74 valence electrons. The minimum absolute atomic E-state index is 0.115. The second-order valence-electron chi connectivity index (χ2n) is 4.11. The fourth-order valence-corrected chi connectivity index (χ4v) is 3.06. The Morgan fingerprint density at radius 2 is 2.15 bits per heavy atom. The Morgan fingerprint density at radius 3 is 2.92 bits per heavy atom. The highest BCUT2D eigenvalue weighted by Gasteiger charge is 2.40. The summed E-state index contributed by atoms with van der Waals surface area (Å²) in [5.41, 5.74) is -0.186. The Hall–Kier alpha value is -0.440. The molecule has 2 aliphatic rings. The number of amides is 2. The van der Waals surface area contributed by atoms with E-state index in [0.717, 1.165) is 6.42 Å². The maximum Gasteiger partial charge on any atom is 0.316 e. The summed E-state index contributed by atoms with van der Waals surface area (Å²) in [6.45, 7) is 2.21. The van der Waals surface area contributed by atoms with Gasteiger partial charge in [0.05, 0.1) is 0 Å². The van der Waals surface area contributed by atoms with E-state index in [2.05, 4.69) is 17.6 Å². The van der Waals surface area contributed by atoms with Gasteiger partial charge in [-0.3, -0.25) is 0 Å². The molecule has 1 aliphatic carbocycles. The predicted octanol–water partition coefficient (Wildman–Crippen LogP) is 1.67. The summed E-state index contributed by atoms with van der Waals surface area (Å²) >= 11 is 6.11. The van der Waals surface area contributed by atoms with Gasteiger partial charge in [0.1, 0.15) is 5.50 Å². The van der Waals surface area contributed by atoms with Gasteiger partial charge >= 0.3 is 6.03 Å². The molecule has 1 aliphatic heterocycles. The van der Waals surface area contributed by atoms with Crippen LogP contribution in [0.2, 0.25) is 0 Å². The van der Waals surface area contributed by atoms with Crippen molar-refractivity contribution in [2.24, 2.45) is 11.8 Å². The summed E-state index contributed by atoms with van der Waals surface area (Å²) in [4.78, 5) is 11.1. The maximum absolute atomic E-state index is 11.1. The zero-order valence-corrected chi connectivity index (χ0v) is 8.47. The second-order valence-corrected chi connectivity index (χ2v) is 4.58. The van der Waals surface area contributed by atoms with Gasteiger partial charge in [-0.2, -0.15) is 0 Å². The van der Waals surface area contributed by atoms with Crippen LogP contribution < -0.4 is 10.6 Å². The number of carbonyl (C=O) groups is 1. The lowest BCUT2D eigenvalue weighted by Gasteiger charge is -2.43. The van der Waals surface area contributed by atoms with Crippen LogP contribution in [0.5, 0.6) is 0 Å². The van der Waals surface area contributed by atoms with E-state index in [1.54, 1.807) is 0 Å². The van der Waals surface area contributed by atoms with E-state index in [0.29, 0.717) is 17.9 Å². The van der Waals surface area contributed by atoms with E-state index < -0.39 is 0 Å². The summed E-state index contributed by atoms with van der Waals surface area (Å²) in [6.07, 6.45) is 3.50. The number of carbonyl (C=O) groups excluding carboxylic acids is 1. The van der Waals surface area contributed by atoms with Crippen LogP contribution in [0.1, 0.15) is 26.2 Å². The summed E-state index contributed by atoms with van der Waals surface area (Å²) in [6, 6.07) is 0.176. The third-order valence-electron chi connectivity index (χ3n) is 3.22. The summed E-state index contributed by atoms with van der Waals surface area (Å²) in [5.74, 6) is 1.00. The number of hydrogen-bond acceptors (Lipinski definition) is 1. The van der Waals surface area contributed by atoms with Crippen molar-refractivity contribution in [2.75, 3.05) is 0 Å². The largest absolute Gasteiger partial charge is 0.335 e. The number of rotatable bonds is 0. The molecule has 1 saturated heterocycles. The molecule has 3 nitrogen and oxygen atoms in total. The van der Waals surface area contributed by atoms with Gasteiger partial charge in [-0.05, 0) is 12.3 Å². The van der Waals surface area contributed by atoms with Crippen LogP contribution in [-0.2, 0) is 0 Å². The van der Waals surface area contributed by atoms with Gasteiger partial charge in [-0.15, -0.1) is 0 Å². The van der Waals surface area contributed by atoms with Crippen molar-refractivity contribution in [1.82, 2.24) is 10.6 Å². The van der Waals surface area contributed by atoms with Crippen LogP contribution in [0.15, 0.2) is 0 Å². The molecule has 0 aromatic heterocycles. The van der Waals surface area contributed by atoms with E-state index in [4.69, 9.17) is 11.6 Å². The van der Waals surface area contributed by atoms with E-state index in [9.17, 15) is 4.79 Å². The van der Waals surface area contributed by atoms with E-state index in [1.165, 1.54) is 12.8 Å². The van der Waals surface area contributed by atoms with Crippen LogP contribution in [-0.4, -0.2) is 17.6 Å². The molecule has 2 amide bonds. The van der Waals surface area contributed by atoms with Crippen molar-refractivity contribution in [3.05, 3.63) is 0 Å². The molecule has 4 unspecified atom stereocenters. The van der Waals surface area contributed by atoms with Crippen molar-refractivity contribution in [3.63, 3.8) is 0 Å². The lowest BCUT2D eigenvalue weighted by atomic mass is 9.76. The molecule has 0 aromatic carbocycles. The molecule has 0 bridgehead atoms. The minimum Gasteiger partial charge on any atom is -0.335 e. The zero-order valence-electron chi connectivity index (χ0n) is 7.72. The van der Waals surface area contributed by atoms with Crippen molar-refractivity contribution in [1.29, 1.82) is 0 Å². The first-order valence-corrected chi connectivity index (χ1v) is 5.33. The summed E-state index contributed by atoms with van der Waals surface area (Å²) < 4.78 is 0. The Bertz CT molecular complexity index is 222. The van der Waals surface area contributed by atoms with Gasteiger partial charge in [0.25, 0.3) is 0 Å². The lowest BCUT2D eigenvalue weighted by molar-refractivity contribution is 0.146.